The first-order chi connectivity index (χ1) is 14.6. The summed E-state index contributed by atoms with van der Waals surface area (Å²) in [4.78, 5) is 3.00. The van der Waals surface area contributed by atoms with Crippen LogP contribution in [0, 0.1) is 18.3 Å². The van der Waals surface area contributed by atoms with Gasteiger partial charge in [-0.05, 0) is 44.2 Å². The van der Waals surface area contributed by atoms with Gasteiger partial charge in [0.2, 0.25) is 0 Å². The molecular formula is C25H34N2O3. The minimum Gasteiger partial charge on any atom is -0.724 e. The standard InChI is InChI=1S/C24H31N2O.CH4O2/c1-21-11-10-14-23(19-25)24(21)27-18-17-26(15-8-3-2-4-9-16-26)20-22-12-6-5-7-13-22;1-3-2/h5-7,10-14H,2-4,8-9,15-18,20H2,1H3;2H,1H3/q+1;/p-1. The van der Waals surface area contributed by atoms with Gasteiger partial charge in [0.05, 0.1) is 18.7 Å². The highest BCUT2D eigenvalue weighted by Crippen LogP contribution is 2.25. The fourth-order valence-electron chi connectivity index (χ4n) is 4.24. The van der Waals surface area contributed by atoms with Gasteiger partial charge in [-0.1, -0.05) is 48.9 Å². The molecule has 1 aliphatic heterocycles. The Balaban J connectivity index is 0.00000101. The van der Waals surface area contributed by atoms with E-state index in [1.807, 2.05) is 25.1 Å². The molecule has 0 atom stereocenters. The highest BCUT2D eigenvalue weighted by Gasteiger charge is 2.28. The second-order valence-corrected chi connectivity index (χ2v) is 8.00. The van der Waals surface area contributed by atoms with Gasteiger partial charge in [-0.15, -0.1) is 0 Å². The molecule has 5 heteroatoms. The van der Waals surface area contributed by atoms with E-state index in [0.29, 0.717) is 12.2 Å². The number of nitriles is 1. The maximum Gasteiger partial charge on any atom is 0.140 e. The van der Waals surface area contributed by atoms with E-state index in [9.17, 15) is 5.26 Å². The summed E-state index contributed by atoms with van der Waals surface area (Å²) in [6, 6.07) is 18.9. The topological polar surface area (TPSA) is 65.3 Å². The van der Waals surface area contributed by atoms with Crippen LogP contribution in [-0.4, -0.2) is 37.8 Å². The average molecular weight is 411 g/mol. The maximum absolute atomic E-state index is 9.37. The predicted molar refractivity (Wildman–Crippen MR) is 116 cm³/mol. The van der Waals surface area contributed by atoms with Crippen molar-refractivity contribution in [2.45, 2.75) is 45.6 Å². The number of rotatable bonds is 6. The van der Waals surface area contributed by atoms with Gasteiger partial charge in [0, 0.05) is 12.7 Å². The van der Waals surface area contributed by atoms with E-state index >= 15 is 0 Å². The molecule has 0 bridgehead atoms. The summed E-state index contributed by atoms with van der Waals surface area (Å²) in [7, 11) is 1.07. The van der Waals surface area contributed by atoms with E-state index < -0.39 is 0 Å². The van der Waals surface area contributed by atoms with Gasteiger partial charge in [-0.3, -0.25) is 0 Å². The molecule has 1 fully saturated rings. The summed E-state index contributed by atoms with van der Waals surface area (Å²) in [6.07, 6.45) is 6.63. The molecule has 0 aliphatic carbocycles. The minimum atomic E-state index is 0.636. The van der Waals surface area contributed by atoms with Crippen LogP contribution < -0.4 is 9.99 Å². The number of hydrogen-bond donors (Lipinski definition) is 0. The first-order valence-corrected chi connectivity index (χ1v) is 10.8. The normalized spacial score (nSPS) is 15.7. The molecule has 3 rings (SSSR count). The zero-order valence-corrected chi connectivity index (χ0v) is 18.3. The van der Waals surface area contributed by atoms with Gasteiger partial charge in [0.25, 0.3) is 0 Å². The van der Waals surface area contributed by atoms with Crippen molar-refractivity contribution in [3.8, 4) is 11.8 Å². The minimum absolute atomic E-state index is 0.636. The van der Waals surface area contributed by atoms with Crippen LogP contribution >= 0.6 is 0 Å². The number of nitrogens with zero attached hydrogens (tertiary/aromatic N) is 2. The Bertz CT molecular complexity index is 779. The molecule has 1 aliphatic rings. The van der Waals surface area contributed by atoms with Crippen LogP contribution in [0.1, 0.15) is 48.8 Å². The largest absolute Gasteiger partial charge is 0.724 e. The van der Waals surface area contributed by atoms with Gasteiger partial charge in [-0.2, -0.15) is 5.26 Å². The zero-order valence-electron chi connectivity index (χ0n) is 18.3. The number of ether oxygens (including phenoxy) is 1. The Morgan fingerprint density at radius 3 is 2.23 bits per heavy atom. The van der Waals surface area contributed by atoms with Crippen molar-refractivity contribution < 1.29 is 19.4 Å². The maximum atomic E-state index is 9.37. The van der Waals surface area contributed by atoms with Crippen LogP contribution in [-0.2, 0) is 11.4 Å². The predicted octanol–water partition coefficient (Wildman–Crippen LogP) is 4.13. The fourth-order valence-corrected chi connectivity index (χ4v) is 4.24. The van der Waals surface area contributed by atoms with E-state index in [0.717, 1.165) is 36.0 Å². The van der Waals surface area contributed by atoms with Crippen molar-refractivity contribution in [2.24, 2.45) is 0 Å². The van der Waals surface area contributed by atoms with Crippen LogP contribution in [0.3, 0.4) is 0 Å². The smallest absolute Gasteiger partial charge is 0.140 e. The van der Waals surface area contributed by atoms with Gasteiger partial charge < -0.3 is 19.4 Å². The summed E-state index contributed by atoms with van der Waals surface area (Å²) in [6.45, 7) is 7.18. The van der Waals surface area contributed by atoms with E-state index in [2.05, 4.69) is 41.3 Å². The van der Waals surface area contributed by atoms with Gasteiger partial charge in [0.15, 0.2) is 0 Å². The molecule has 0 amide bonds. The van der Waals surface area contributed by atoms with Gasteiger partial charge in [-0.25, -0.2) is 0 Å². The Morgan fingerprint density at radius 1 is 0.967 bits per heavy atom. The Labute approximate surface area is 181 Å². The molecule has 2 aromatic carbocycles. The van der Waals surface area contributed by atoms with Crippen LogP contribution in [0.5, 0.6) is 5.75 Å². The molecule has 2 aromatic rings. The Hall–Kier alpha value is -2.39. The second kappa shape index (κ2) is 13.0. The van der Waals surface area contributed by atoms with Crippen molar-refractivity contribution in [1.29, 1.82) is 5.26 Å². The number of benzene rings is 2. The zero-order chi connectivity index (χ0) is 21.7. The second-order valence-electron chi connectivity index (χ2n) is 8.00. The number of likely N-dealkylation sites (tertiary alicyclic amines) is 1. The van der Waals surface area contributed by atoms with Crippen molar-refractivity contribution in [1.82, 2.24) is 0 Å². The van der Waals surface area contributed by atoms with Crippen molar-refractivity contribution in [3.63, 3.8) is 0 Å². The molecule has 0 aromatic heterocycles. The molecule has 30 heavy (non-hydrogen) atoms. The Morgan fingerprint density at radius 2 is 1.60 bits per heavy atom. The van der Waals surface area contributed by atoms with E-state index in [-0.39, 0.29) is 0 Å². The lowest BCUT2D eigenvalue weighted by atomic mass is 10.0. The lowest BCUT2D eigenvalue weighted by molar-refractivity contribution is -0.941. The monoisotopic (exact) mass is 410 g/mol. The molecule has 162 valence electrons. The van der Waals surface area contributed by atoms with Crippen LogP contribution in [0.4, 0.5) is 0 Å². The molecule has 5 nitrogen and oxygen atoms in total. The number of quaternary nitrogens is 1. The summed E-state index contributed by atoms with van der Waals surface area (Å²) < 4.78 is 7.25. The quantitative estimate of drug-likeness (QED) is 0.408. The molecule has 0 N–H and O–H groups in total. The molecule has 1 saturated heterocycles. The van der Waals surface area contributed by atoms with Crippen molar-refractivity contribution >= 4 is 0 Å². The van der Waals surface area contributed by atoms with Crippen molar-refractivity contribution in [3.05, 3.63) is 65.2 Å². The molecule has 0 radical (unpaired) electrons. The summed E-state index contributed by atoms with van der Waals surface area (Å²) in [5.74, 6) is 0.755. The molecule has 0 saturated carbocycles. The van der Waals surface area contributed by atoms with E-state index in [4.69, 9.17) is 9.99 Å². The van der Waals surface area contributed by atoms with Crippen molar-refractivity contribution in [2.75, 3.05) is 33.4 Å². The van der Waals surface area contributed by atoms with E-state index in [1.165, 1.54) is 50.8 Å². The Kier molecular flexibility index (Phi) is 10.4. The number of hydrogen-bond acceptors (Lipinski definition) is 4. The average Bonchev–Trinajstić information content (AvgIpc) is 2.73. The van der Waals surface area contributed by atoms with Crippen LogP contribution in [0.25, 0.3) is 0 Å². The SMILES string of the molecule is CO[O-].Cc1cccc(C#N)c1OCC[N+]1(Cc2ccccc2)CCCCCCC1. The lowest BCUT2D eigenvalue weighted by Gasteiger charge is -2.40. The molecule has 0 unspecified atom stereocenters. The van der Waals surface area contributed by atoms with Crippen LogP contribution in [0.2, 0.25) is 0 Å². The third-order valence-corrected chi connectivity index (χ3v) is 5.77. The molecule has 1 heterocycles. The van der Waals surface area contributed by atoms with E-state index in [1.54, 1.807) is 0 Å². The summed E-state index contributed by atoms with van der Waals surface area (Å²) in [5, 5.41) is 17.8. The van der Waals surface area contributed by atoms with Gasteiger partial charge >= 0.3 is 0 Å². The molecular weight excluding hydrogens is 376 g/mol. The number of aryl methyl sites for hydroxylation is 1. The summed E-state index contributed by atoms with van der Waals surface area (Å²) >= 11 is 0. The third kappa shape index (κ3) is 7.46. The summed E-state index contributed by atoms with van der Waals surface area (Å²) in [5.41, 5.74) is 3.08. The first kappa shape index (κ1) is 23.9. The lowest BCUT2D eigenvalue weighted by Crippen LogP contribution is -2.51. The third-order valence-electron chi connectivity index (χ3n) is 5.77. The highest BCUT2D eigenvalue weighted by molar-refractivity contribution is 5.47. The first-order valence-electron chi connectivity index (χ1n) is 10.8. The molecule has 0 spiro atoms. The fraction of sp³-hybridized carbons (Fsp3) is 0.480. The van der Waals surface area contributed by atoms with Gasteiger partial charge in [0.1, 0.15) is 31.5 Å². The number of para-hydroxylation sites is 1. The highest BCUT2D eigenvalue weighted by atomic mass is 17.1. The van der Waals surface area contributed by atoms with Crippen LogP contribution in [0.15, 0.2) is 48.5 Å².